The van der Waals surface area contributed by atoms with E-state index in [4.69, 9.17) is 11.6 Å². The van der Waals surface area contributed by atoms with Gasteiger partial charge in [-0.25, -0.2) is 0 Å². The highest BCUT2D eigenvalue weighted by Crippen LogP contribution is 2.17. The first-order valence-electron chi connectivity index (χ1n) is 3.77. The standard InChI is InChI=1S/C10H8ClN/c1-7-4-8-5-9(11)2-3-10(8)12-6-7/h2-6H,1H3. The van der Waals surface area contributed by atoms with Crippen molar-refractivity contribution in [1.29, 1.82) is 0 Å². The zero-order chi connectivity index (χ0) is 8.55. The van der Waals surface area contributed by atoms with Crippen molar-refractivity contribution in [2.45, 2.75) is 6.92 Å². The molecule has 0 amide bonds. The maximum atomic E-state index is 5.84. The predicted octanol–water partition coefficient (Wildman–Crippen LogP) is 3.20. The molecule has 0 saturated carbocycles. The summed E-state index contributed by atoms with van der Waals surface area (Å²) in [5, 5.41) is 1.86. The molecule has 1 aromatic carbocycles. The summed E-state index contributed by atoms with van der Waals surface area (Å²) in [4.78, 5) is 4.26. The topological polar surface area (TPSA) is 12.9 Å². The average Bonchev–Trinajstić information content (AvgIpc) is 2.03. The van der Waals surface area contributed by atoms with Crippen molar-refractivity contribution >= 4 is 22.5 Å². The van der Waals surface area contributed by atoms with Gasteiger partial charge in [0, 0.05) is 16.6 Å². The molecule has 0 aliphatic heterocycles. The smallest absolute Gasteiger partial charge is 0.0703 e. The van der Waals surface area contributed by atoms with Crippen molar-refractivity contribution in [2.75, 3.05) is 0 Å². The van der Waals surface area contributed by atoms with Crippen LogP contribution in [0.25, 0.3) is 10.9 Å². The summed E-state index contributed by atoms with van der Waals surface area (Å²) < 4.78 is 0. The predicted molar refractivity (Wildman–Crippen MR) is 51.5 cm³/mol. The summed E-state index contributed by atoms with van der Waals surface area (Å²) in [5.41, 5.74) is 2.15. The second-order valence-electron chi connectivity index (χ2n) is 2.85. The molecule has 1 nitrogen and oxygen atoms in total. The molecule has 1 heterocycles. The summed E-state index contributed by atoms with van der Waals surface area (Å²) >= 11 is 5.84. The number of hydrogen-bond donors (Lipinski definition) is 0. The molecule has 0 saturated heterocycles. The first kappa shape index (κ1) is 7.56. The fraction of sp³-hybridized carbons (Fsp3) is 0.100. The van der Waals surface area contributed by atoms with Gasteiger partial charge in [-0.15, -0.1) is 0 Å². The van der Waals surface area contributed by atoms with Crippen LogP contribution in [0, 0.1) is 6.92 Å². The van der Waals surface area contributed by atoms with Gasteiger partial charge in [0.2, 0.25) is 0 Å². The van der Waals surface area contributed by atoms with E-state index in [1.165, 1.54) is 0 Å². The van der Waals surface area contributed by atoms with Gasteiger partial charge >= 0.3 is 0 Å². The van der Waals surface area contributed by atoms with E-state index in [0.29, 0.717) is 0 Å². The van der Waals surface area contributed by atoms with Gasteiger partial charge in [-0.1, -0.05) is 11.6 Å². The van der Waals surface area contributed by atoms with Crippen molar-refractivity contribution < 1.29 is 0 Å². The number of fused-ring (bicyclic) bond motifs is 1. The van der Waals surface area contributed by atoms with Gasteiger partial charge in [-0.2, -0.15) is 0 Å². The number of rotatable bonds is 0. The summed E-state index contributed by atoms with van der Waals surface area (Å²) in [6.45, 7) is 2.02. The van der Waals surface area contributed by atoms with Crippen molar-refractivity contribution in [1.82, 2.24) is 4.98 Å². The Labute approximate surface area is 76.0 Å². The minimum Gasteiger partial charge on any atom is -0.256 e. The van der Waals surface area contributed by atoms with Gasteiger partial charge in [-0.3, -0.25) is 4.98 Å². The van der Waals surface area contributed by atoms with E-state index in [0.717, 1.165) is 21.5 Å². The van der Waals surface area contributed by atoms with Crippen LogP contribution in [0.2, 0.25) is 5.02 Å². The maximum Gasteiger partial charge on any atom is 0.0703 e. The molecule has 0 atom stereocenters. The number of aromatic nitrogens is 1. The van der Waals surface area contributed by atoms with Crippen molar-refractivity contribution in [3.8, 4) is 0 Å². The Hall–Kier alpha value is -1.08. The molecular weight excluding hydrogens is 170 g/mol. The lowest BCUT2D eigenvalue weighted by Gasteiger charge is -1.98. The molecule has 0 spiro atoms. The molecule has 60 valence electrons. The quantitative estimate of drug-likeness (QED) is 0.602. The highest BCUT2D eigenvalue weighted by atomic mass is 35.5. The maximum absolute atomic E-state index is 5.84. The fourth-order valence-corrected chi connectivity index (χ4v) is 1.39. The first-order chi connectivity index (χ1) is 5.75. The van der Waals surface area contributed by atoms with E-state index in [9.17, 15) is 0 Å². The van der Waals surface area contributed by atoms with Gasteiger partial charge in [0.05, 0.1) is 5.52 Å². The van der Waals surface area contributed by atoms with Crippen molar-refractivity contribution in [3.05, 3.63) is 41.0 Å². The minimum absolute atomic E-state index is 0.759. The normalized spacial score (nSPS) is 10.5. The van der Waals surface area contributed by atoms with Crippen LogP contribution in [0.5, 0.6) is 0 Å². The Bertz CT molecular complexity index is 386. The van der Waals surface area contributed by atoms with Crippen LogP contribution in [0.15, 0.2) is 30.5 Å². The average molecular weight is 178 g/mol. The van der Waals surface area contributed by atoms with Crippen LogP contribution in [0.1, 0.15) is 5.56 Å². The Balaban J connectivity index is 2.80. The van der Waals surface area contributed by atoms with Crippen molar-refractivity contribution in [3.63, 3.8) is 0 Å². The molecule has 0 aliphatic rings. The summed E-state index contributed by atoms with van der Waals surface area (Å²) in [5.74, 6) is 0. The van der Waals surface area contributed by atoms with E-state index in [1.54, 1.807) is 0 Å². The number of benzene rings is 1. The second-order valence-corrected chi connectivity index (χ2v) is 3.29. The highest BCUT2D eigenvalue weighted by Gasteiger charge is 1.95. The Kier molecular flexibility index (Phi) is 1.74. The van der Waals surface area contributed by atoms with Crippen LogP contribution in [0.4, 0.5) is 0 Å². The molecule has 2 aromatic rings. The lowest BCUT2D eigenvalue weighted by molar-refractivity contribution is 1.33. The number of hydrogen-bond acceptors (Lipinski definition) is 1. The van der Waals surface area contributed by atoms with E-state index in [1.807, 2.05) is 31.3 Å². The van der Waals surface area contributed by atoms with Gasteiger partial charge in [0.15, 0.2) is 0 Å². The van der Waals surface area contributed by atoms with Crippen LogP contribution in [-0.2, 0) is 0 Å². The number of halogens is 1. The fourth-order valence-electron chi connectivity index (χ4n) is 1.21. The molecule has 12 heavy (non-hydrogen) atoms. The lowest BCUT2D eigenvalue weighted by atomic mass is 10.2. The van der Waals surface area contributed by atoms with Crippen LogP contribution < -0.4 is 0 Å². The number of pyridine rings is 1. The third-order valence-corrected chi connectivity index (χ3v) is 2.02. The van der Waals surface area contributed by atoms with E-state index in [2.05, 4.69) is 11.1 Å². The Morgan fingerprint density at radius 3 is 2.92 bits per heavy atom. The summed E-state index contributed by atoms with van der Waals surface area (Å²) in [6.07, 6.45) is 1.86. The molecule has 2 rings (SSSR count). The molecular formula is C10H8ClN. The van der Waals surface area contributed by atoms with Gasteiger partial charge in [-0.05, 0) is 36.8 Å². The number of nitrogens with zero attached hydrogens (tertiary/aromatic N) is 1. The van der Waals surface area contributed by atoms with Crippen LogP contribution in [-0.4, -0.2) is 4.98 Å². The third kappa shape index (κ3) is 1.28. The molecule has 0 bridgehead atoms. The zero-order valence-electron chi connectivity index (χ0n) is 6.71. The first-order valence-corrected chi connectivity index (χ1v) is 4.15. The molecule has 0 aliphatic carbocycles. The van der Waals surface area contributed by atoms with E-state index in [-0.39, 0.29) is 0 Å². The van der Waals surface area contributed by atoms with Crippen LogP contribution >= 0.6 is 11.6 Å². The molecule has 0 fully saturated rings. The Morgan fingerprint density at radius 2 is 2.08 bits per heavy atom. The van der Waals surface area contributed by atoms with Gasteiger partial charge in [0.1, 0.15) is 0 Å². The van der Waals surface area contributed by atoms with Crippen LogP contribution in [0.3, 0.4) is 0 Å². The molecule has 1 aromatic heterocycles. The lowest BCUT2D eigenvalue weighted by Crippen LogP contribution is -1.79. The highest BCUT2D eigenvalue weighted by molar-refractivity contribution is 6.31. The largest absolute Gasteiger partial charge is 0.256 e. The van der Waals surface area contributed by atoms with Gasteiger partial charge in [0.25, 0.3) is 0 Å². The second kappa shape index (κ2) is 2.76. The molecule has 2 heteroatoms. The van der Waals surface area contributed by atoms with E-state index < -0.39 is 0 Å². The van der Waals surface area contributed by atoms with E-state index >= 15 is 0 Å². The minimum atomic E-state index is 0.759. The monoisotopic (exact) mass is 177 g/mol. The third-order valence-electron chi connectivity index (χ3n) is 1.78. The van der Waals surface area contributed by atoms with Crippen molar-refractivity contribution in [2.24, 2.45) is 0 Å². The summed E-state index contributed by atoms with van der Waals surface area (Å²) in [7, 11) is 0. The molecule has 0 radical (unpaired) electrons. The Morgan fingerprint density at radius 1 is 1.25 bits per heavy atom. The zero-order valence-corrected chi connectivity index (χ0v) is 7.47. The number of aryl methyl sites for hydroxylation is 1. The SMILES string of the molecule is Cc1cnc2ccc(Cl)cc2c1. The molecule has 0 N–H and O–H groups in total. The molecule has 0 unspecified atom stereocenters. The van der Waals surface area contributed by atoms with Gasteiger partial charge < -0.3 is 0 Å². The summed E-state index contributed by atoms with van der Waals surface area (Å²) in [6, 6.07) is 7.79.